The van der Waals surface area contributed by atoms with Crippen LogP contribution < -0.4 is 16.8 Å². The number of nitrogens with one attached hydrogen (secondary N) is 1. The number of rotatable bonds is 3. The molecule has 0 bridgehead atoms. The molecule has 0 aromatic heterocycles. The Morgan fingerprint density at radius 3 is 2.33 bits per heavy atom. The fourth-order valence-electron chi connectivity index (χ4n) is 1.15. The third kappa shape index (κ3) is 4.29. The maximum atomic E-state index is 10.7. The average molecular weight is 230 g/mol. The van der Waals surface area contributed by atoms with Gasteiger partial charge in [0, 0.05) is 25.2 Å². The maximum Gasteiger partial charge on any atom is 0.221 e. The zero-order valence-corrected chi connectivity index (χ0v) is 9.38. The molecule has 84 valence electrons. The van der Waals surface area contributed by atoms with Crippen LogP contribution in [0.2, 0.25) is 0 Å². The quantitative estimate of drug-likeness (QED) is 0.724. The lowest BCUT2D eigenvalue weighted by Crippen LogP contribution is -2.20. The number of carbonyl (C=O) groups excluding carboxylic acids is 1. The van der Waals surface area contributed by atoms with Crippen molar-refractivity contribution in [3.05, 3.63) is 29.8 Å². The van der Waals surface area contributed by atoms with E-state index in [4.69, 9.17) is 11.5 Å². The zero-order valence-electron chi connectivity index (χ0n) is 8.57. The van der Waals surface area contributed by atoms with Gasteiger partial charge in [0.2, 0.25) is 5.91 Å². The van der Waals surface area contributed by atoms with Crippen molar-refractivity contribution in [1.29, 1.82) is 0 Å². The highest BCUT2D eigenvalue weighted by Crippen LogP contribution is 2.13. The van der Waals surface area contributed by atoms with Crippen LogP contribution in [-0.4, -0.2) is 12.5 Å². The summed E-state index contributed by atoms with van der Waals surface area (Å²) in [5.74, 6) is -0.0825. The Kier molecular flexibility index (Phi) is 5.93. The number of hydrogen-bond donors (Lipinski definition) is 3. The molecule has 0 radical (unpaired) electrons. The number of hydrogen-bond acceptors (Lipinski definition) is 3. The highest BCUT2D eigenvalue weighted by molar-refractivity contribution is 5.88. The number of amides is 1. The SMILES string of the molecule is CC(=O)Nc1ccc([C@H](N)CN)cc1.Cl. The standard InChI is InChI=1S/C10H15N3O.ClH/c1-7(14)13-9-4-2-8(3-5-9)10(12)6-11;/h2-5,10H,6,11-12H2,1H3,(H,13,14);1H/t10-;/m1./s1. The van der Waals surface area contributed by atoms with Gasteiger partial charge in [-0.15, -0.1) is 12.4 Å². The molecule has 5 heteroatoms. The summed E-state index contributed by atoms with van der Waals surface area (Å²) >= 11 is 0. The van der Waals surface area contributed by atoms with Crippen molar-refractivity contribution in [2.75, 3.05) is 11.9 Å². The first-order valence-corrected chi connectivity index (χ1v) is 4.46. The Hall–Kier alpha value is -1.10. The molecule has 1 aromatic carbocycles. The molecule has 1 aromatic rings. The summed E-state index contributed by atoms with van der Waals surface area (Å²) in [7, 11) is 0. The van der Waals surface area contributed by atoms with E-state index in [1.165, 1.54) is 6.92 Å². The summed E-state index contributed by atoms with van der Waals surface area (Å²) in [6.07, 6.45) is 0. The van der Waals surface area contributed by atoms with Crippen LogP contribution in [0.5, 0.6) is 0 Å². The van der Waals surface area contributed by atoms with Crippen LogP contribution in [0.15, 0.2) is 24.3 Å². The lowest BCUT2D eigenvalue weighted by atomic mass is 10.1. The number of anilines is 1. The smallest absolute Gasteiger partial charge is 0.221 e. The molecular weight excluding hydrogens is 214 g/mol. The van der Waals surface area contributed by atoms with Crippen LogP contribution in [0.1, 0.15) is 18.5 Å². The molecule has 0 spiro atoms. The Morgan fingerprint density at radius 1 is 1.40 bits per heavy atom. The van der Waals surface area contributed by atoms with Gasteiger partial charge in [-0.1, -0.05) is 12.1 Å². The van der Waals surface area contributed by atoms with E-state index in [0.29, 0.717) is 6.54 Å². The molecule has 1 amide bonds. The number of benzene rings is 1. The van der Waals surface area contributed by atoms with Gasteiger partial charge in [0.15, 0.2) is 0 Å². The summed E-state index contributed by atoms with van der Waals surface area (Å²) in [6, 6.07) is 7.21. The molecule has 5 N–H and O–H groups in total. The largest absolute Gasteiger partial charge is 0.329 e. The van der Waals surface area contributed by atoms with E-state index in [-0.39, 0.29) is 24.4 Å². The zero-order chi connectivity index (χ0) is 10.6. The highest BCUT2D eigenvalue weighted by Gasteiger charge is 2.02. The Morgan fingerprint density at radius 2 is 1.93 bits per heavy atom. The maximum absolute atomic E-state index is 10.7. The minimum atomic E-state index is -0.138. The second kappa shape index (κ2) is 6.40. The molecule has 1 rings (SSSR count). The van der Waals surface area contributed by atoms with Crippen molar-refractivity contribution in [3.8, 4) is 0 Å². The molecule has 4 nitrogen and oxygen atoms in total. The Labute approximate surface area is 95.4 Å². The first kappa shape index (κ1) is 13.9. The van der Waals surface area contributed by atoms with E-state index < -0.39 is 0 Å². The topological polar surface area (TPSA) is 81.1 Å². The highest BCUT2D eigenvalue weighted by atomic mass is 35.5. The third-order valence-electron chi connectivity index (χ3n) is 1.91. The number of carbonyl (C=O) groups is 1. The van der Waals surface area contributed by atoms with Crippen molar-refractivity contribution in [2.45, 2.75) is 13.0 Å². The van der Waals surface area contributed by atoms with Gasteiger partial charge in [-0.25, -0.2) is 0 Å². The van der Waals surface area contributed by atoms with Crippen molar-refractivity contribution in [1.82, 2.24) is 0 Å². The minimum absolute atomic E-state index is 0. The molecule has 0 fully saturated rings. The fourth-order valence-corrected chi connectivity index (χ4v) is 1.15. The summed E-state index contributed by atoms with van der Waals surface area (Å²) in [5.41, 5.74) is 12.9. The van der Waals surface area contributed by atoms with Crippen LogP contribution in [0.3, 0.4) is 0 Å². The molecule has 0 aliphatic heterocycles. The van der Waals surface area contributed by atoms with E-state index in [0.717, 1.165) is 11.3 Å². The monoisotopic (exact) mass is 229 g/mol. The molecule has 0 saturated carbocycles. The predicted octanol–water partition coefficient (Wildman–Crippen LogP) is 1.03. The Balaban J connectivity index is 0.00000196. The van der Waals surface area contributed by atoms with Crippen LogP contribution in [0, 0.1) is 0 Å². The fraction of sp³-hybridized carbons (Fsp3) is 0.300. The number of nitrogens with two attached hydrogens (primary N) is 2. The molecule has 0 aliphatic carbocycles. The first-order chi connectivity index (χ1) is 6.63. The molecule has 0 aliphatic rings. The van der Waals surface area contributed by atoms with Gasteiger partial charge in [-0.3, -0.25) is 4.79 Å². The van der Waals surface area contributed by atoms with Gasteiger partial charge < -0.3 is 16.8 Å². The van der Waals surface area contributed by atoms with Crippen LogP contribution >= 0.6 is 12.4 Å². The van der Waals surface area contributed by atoms with Gasteiger partial charge in [0.25, 0.3) is 0 Å². The van der Waals surface area contributed by atoms with E-state index >= 15 is 0 Å². The molecule has 0 unspecified atom stereocenters. The summed E-state index contributed by atoms with van der Waals surface area (Å²) in [5, 5.41) is 2.68. The summed E-state index contributed by atoms with van der Waals surface area (Å²) in [4.78, 5) is 10.7. The lowest BCUT2D eigenvalue weighted by molar-refractivity contribution is -0.114. The molecule has 15 heavy (non-hydrogen) atoms. The van der Waals surface area contributed by atoms with Crippen LogP contribution in [-0.2, 0) is 4.79 Å². The van der Waals surface area contributed by atoms with Gasteiger partial charge in [-0.05, 0) is 17.7 Å². The van der Waals surface area contributed by atoms with Gasteiger partial charge in [0.1, 0.15) is 0 Å². The normalized spacial score (nSPS) is 11.4. The molecule has 0 heterocycles. The van der Waals surface area contributed by atoms with Crippen molar-refractivity contribution < 1.29 is 4.79 Å². The number of halogens is 1. The van der Waals surface area contributed by atoms with Crippen LogP contribution in [0.4, 0.5) is 5.69 Å². The minimum Gasteiger partial charge on any atom is -0.329 e. The third-order valence-corrected chi connectivity index (χ3v) is 1.91. The van der Waals surface area contributed by atoms with E-state index in [9.17, 15) is 4.79 Å². The molecule has 1 atom stereocenters. The second-order valence-corrected chi connectivity index (χ2v) is 3.15. The van der Waals surface area contributed by atoms with Gasteiger partial charge in [-0.2, -0.15) is 0 Å². The van der Waals surface area contributed by atoms with Crippen molar-refractivity contribution in [3.63, 3.8) is 0 Å². The average Bonchev–Trinajstić information content (AvgIpc) is 2.17. The van der Waals surface area contributed by atoms with Crippen molar-refractivity contribution >= 4 is 24.0 Å². The van der Waals surface area contributed by atoms with E-state index in [1.807, 2.05) is 24.3 Å². The van der Waals surface area contributed by atoms with Gasteiger partial charge >= 0.3 is 0 Å². The summed E-state index contributed by atoms with van der Waals surface area (Å²) < 4.78 is 0. The Bertz CT molecular complexity index is 313. The first-order valence-electron chi connectivity index (χ1n) is 4.46. The van der Waals surface area contributed by atoms with E-state index in [2.05, 4.69) is 5.32 Å². The van der Waals surface area contributed by atoms with Crippen molar-refractivity contribution in [2.24, 2.45) is 11.5 Å². The molecule has 0 saturated heterocycles. The predicted molar refractivity (Wildman–Crippen MR) is 64.0 cm³/mol. The van der Waals surface area contributed by atoms with E-state index in [1.54, 1.807) is 0 Å². The van der Waals surface area contributed by atoms with Crippen LogP contribution in [0.25, 0.3) is 0 Å². The molecular formula is C10H16ClN3O. The summed E-state index contributed by atoms with van der Waals surface area (Å²) in [6.45, 7) is 1.89. The van der Waals surface area contributed by atoms with Gasteiger partial charge in [0.05, 0.1) is 0 Å². The second-order valence-electron chi connectivity index (χ2n) is 3.15. The lowest BCUT2D eigenvalue weighted by Gasteiger charge is -2.09.